The van der Waals surface area contributed by atoms with Gasteiger partial charge in [-0.1, -0.05) is 12.1 Å². The Morgan fingerprint density at radius 1 is 1.06 bits per heavy atom. The molecule has 1 amide bonds. The molecule has 0 aromatic heterocycles. The van der Waals surface area contributed by atoms with Crippen LogP contribution in [-0.4, -0.2) is 63.4 Å². The highest BCUT2D eigenvalue weighted by Gasteiger charge is 2.29. The van der Waals surface area contributed by atoms with Crippen LogP contribution in [0.15, 0.2) is 54.3 Å². The number of methoxy groups -OCH3 is 1. The third-order valence-electron chi connectivity index (χ3n) is 6.45. The average Bonchev–Trinajstić information content (AvgIpc) is 3.60. The number of likely N-dealkylation sites (tertiary alicyclic amines) is 1. The second-order valence-corrected chi connectivity index (χ2v) is 8.90. The summed E-state index contributed by atoms with van der Waals surface area (Å²) in [6.45, 7) is -0.158. The lowest BCUT2D eigenvalue weighted by atomic mass is 10.1. The molecule has 9 heteroatoms. The summed E-state index contributed by atoms with van der Waals surface area (Å²) in [5, 5.41) is 0. The molecule has 2 aromatic carbocycles. The van der Waals surface area contributed by atoms with Crippen molar-refractivity contribution in [3.63, 3.8) is 0 Å². The molecule has 186 valence electrons. The highest BCUT2D eigenvalue weighted by atomic mass is 19.3. The van der Waals surface area contributed by atoms with E-state index < -0.39 is 6.61 Å². The maximum absolute atomic E-state index is 13.1. The van der Waals surface area contributed by atoms with Gasteiger partial charge in [-0.05, 0) is 54.7 Å². The smallest absolute Gasteiger partial charge is 0.387 e. The minimum atomic E-state index is -3.02. The van der Waals surface area contributed by atoms with E-state index in [2.05, 4.69) is 4.90 Å². The van der Waals surface area contributed by atoms with Gasteiger partial charge in [0.05, 0.1) is 6.10 Å². The van der Waals surface area contributed by atoms with Gasteiger partial charge in [-0.25, -0.2) is 0 Å². The molecule has 1 saturated heterocycles. The second-order valence-electron chi connectivity index (χ2n) is 8.90. The Hall–Kier alpha value is -3.17. The fourth-order valence-corrected chi connectivity index (χ4v) is 4.25. The first-order valence-electron chi connectivity index (χ1n) is 11.8. The summed E-state index contributed by atoms with van der Waals surface area (Å²) in [5.41, 5.74) is 1.70. The van der Waals surface area contributed by atoms with Gasteiger partial charge in [-0.3, -0.25) is 9.69 Å². The predicted molar refractivity (Wildman–Crippen MR) is 125 cm³/mol. The second kappa shape index (κ2) is 10.2. The zero-order valence-electron chi connectivity index (χ0n) is 19.5. The van der Waals surface area contributed by atoms with Gasteiger partial charge in [0.2, 0.25) is 0 Å². The van der Waals surface area contributed by atoms with E-state index in [4.69, 9.17) is 18.9 Å². The number of rotatable bonds is 11. The van der Waals surface area contributed by atoms with Crippen molar-refractivity contribution in [3.05, 3.63) is 59.9 Å². The molecule has 2 aromatic rings. The van der Waals surface area contributed by atoms with Crippen molar-refractivity contribution in [2.45, 2.75) is 31.5 Å². The number of nitrogens with zero attached hydrogens (tertiary/aromatic N) is 2. The lowest BCUT2D eigenvalue weighted by Gasteiger charge is -2.37. The van der Waals surface area contributed by atoms with Gasteiger partial charge < -0.3 is 23.8 Å². The summed E-state index contributed by atoms with van der Waals surface area (Å²) in [6.07, 6.45) is 4.34. The first kappa shape index (κ1) is 23.6. The number of benzene rings is 2. The normalized spacial score (nSPS) is 18.6. The molecule has 0 N–H and O–H groups in total. The van der Waals surface area contributed by atoms with Crippen molar-refractivity contribution in [1.82, 2.24) is 4.90 Å². The molecule has 2 aliphatic heterocycles. The van der Waals surface area contributed by atoms with E-state index in [1.165, 1.54) is 29.4 Å². The van der Waals surface area contributed by atoms with Crippen molar-refractivity contribution >= 4 is 11.6 Å². The van der Waals surface area contributed by atoms with Crippen LogP contribution in [0.1, 0.15) is 24.3 Å². The summed E-state index contributed by atoms with van der Waals surface area (Å²) >= 11 is 0. The quantitative estimate of drug-likeness (QED) is 0.475. The van der Waals surface area contributed by atoms with E-state index in [1.54, 1.807) is 25.3 Å². The molecule has 5 rings (SSSR count). The van der Waals surface area contributed by atoms with E-state index in [0.29, 0.717) is 30.5 Å². The summed E-state index contributed by atoms with van der Waals surface area (Å²) in [7, 11) is 1.68. The van der Waals surface area contributed by atoms with Crippen LogP contribution in [-0.2, 0) is 9.53 Å². The summed E-state index contributed by atoms with van der Waals surface area (Å²) in [5.74, 6) is 1.16. The van der Waals surface area contributed by atoms with Gasteiger partial charge in [0.15, 0.2) is 17.3 Å². The molecule has 2 fully saturated rings. The Morgan fingerprint density at radius 2 is 1.83 bits per heavy atom. The number of carbonyl (C=O) groups excluding carboxylic acids is 1. The molecule has 1 aliphatic carbocycles. The lowest BCUT2D eigenvalue weighted by Crippen LogP contribution is -2.52. The largest absolute Gasteiger partial charge is 0.488 e. The van der Waals surface area contributed by atoms with Crippen molar-refractivity contribution < 1.29 is 32.5 Å². The van der Waals surface area contributed by atoms with E-state index in [0.717, 1.165) is 13.1 Å². The molecule has 2 heterocycles. The van der Waals surface area contributed by atoms with E-state index in [9.17, 15) is 13.6 Å². The number of halogens is 2. The Bertz CT molecular complexity index is 1080. The Labute approximate surface area is 202 Å². The van der Waals surface area contributed by atoms with E-state index in [-0.39, 0.29) is 35.8 Å². The predicted octanol–water partition coefficient (Wildman–Crippen LogP) is 4.18. The fraction of sp³-hybridized carbons (Fsp3) is 0.423. The van der Waals surface area contributed by atoms with Gasteiger partial charge in [0, 0.05) is 45.0 Å². The van der Waals surface area contributed by atoms with Crippen LogP contribution < -0.4 is 19.1 Å². The average molecular weight is 487 g/mol. The minimum absolute atomic E-state index is 0.117. The number of hydrogen-bond acceptors (Lipinski definition) is 6. The third-order valence-corrected chi connectivity index (χ3v) is 6.45. The molecule has 35 heavy (non-hydrogen) atoms. The zero-order chi connectivity index (χ0) is 24.4. The molecular weight excluding hydrogens is 458 g/mol. The number of alkyl halides is 2. The molecule has 3 aliphatic rings. The number of ether oxygens (including phenoxy) is 4. The first-order valence-corrected chi connectivity index (χ1v) is 11.8. The molecule has 0 bridgehead atoms. The molecule has 1 saturated carbocycles. The van der Waals surface area contributed by atoms with E-state index in [1.807, 2.05) is 24.3 Å². The Balaban J connectivity index is 1.21. The van der Waals surface area contributed by atoms with Crippen LogP contribution in [0, 0.1) is 0 Å². The topological polar surface area (TPSA) is 60.5 Å². The first-order chi connectivity index (χ1) is 17.0. The number of hydrogen-bond donors (Lipinski definition) is 0. The number of amides is 1. The maximum Gasteiger partial charge on any atom is 0.387 e. The van der Waals surface area contributed by atoms with Gasteiger partial charge in [-0.15, -0.1) is 0 Å². The highest BCUT2D eigenvalue weighted by Crippen LogP contribution is 2.40. The van der Waals surface area contributed by atoms with Gasteiger partial charge in [0.25, 0.3) is 5.91 Å². The van der Waals surface area contributed by atoms with Gasteiger partial charge in [-0.2, -0.15) is 8.78 Å². The monoisotopic (exact) mass is 486 g/mol. The van der Waals surface area contributed by atoms with Crippen molar-refractivity contribution in [1.29, 1.82) is 0 Å². The summed E-state index contributed by atoms with van der Waals surface area (Å²) in [6, 6.07) is 12.4. The summed E-state index contributed by atoms with van der Waals surface area (Å²) in [4.78, 5) is 16.5. The molecular formula is C26H28F2N2O5. The van der Waals surface area contributed by atoms with Crippen LogP contribution in [0.3, 0.4) is 0 Å². The van der Waals surface area contributed by atoms with Crippen LogP contribution in [0.25, 0.3) is 0 Å². The van der Waals surface area contributed by atoms with Crippen LogP contribution in [0.5, 0.6) is 17.2 Å². The van der Waals surface area contributed by atoms with Crippen molar-refractivity contribution in [2.75, 3.05) is 44.8 Å². The standard InChI is InChI=1S/C26H28F2N2O5/c1-32-21-15-29(16-21)12-13-33-22-9-6-19(14-24(22)35-26(27)28)30-11-10-23(25(30)31)34-20-7-4-18(5-8-20)17-2-3-17/h4-10,14,17,21,26H,2-3,11-13,15-16H2,1H3. The summed E-state index contributed by atoms with van der Waals surface area (Å²) < 4.78 is 47.6. The molecule has 0 atom stereocenters. The van der Waals surface area contributed by atoms with Crippen molar-refractivity contribution in [3.8, 4) is 17.2 Å². The zero-order valence-corrected chi connectivity index (χ0v) is 19.5. The fourth-order valence-electron chi connectivity index (χ4n) is 4.25. The van der Waals surface area contributed by atoms with E-state index >= 15 is 0 Å². The SMILES string of the molecule is COC1CN(CCOc2ccc(N3CC=C(Oc4ccc(C5CC5)cc4)C3=O)cc2OC(F)F)C1. The van der Waals surface area contributed by atoms with Crippen LogP contribution >= 0.6 is 0 Å². The highest BCUT2D eigenvalue weighted by molar-refractivity contribution is 6.07. The minimum Gasteiger partial charge on any atom is -0.488 e. The van der Waals surface area contributed by atoms with Gasteiger partial charge in [0.1, 0.15) is 12.4 Å². The van der Waals surface area contributed by atoms with Crippen LogP contribution in [0.2, 0.25) is 0 Å². The number of carbonyl (C=O) groups is 1. The van der Waals surface area contributed by atoms with Crippen molar-refractivity contribution in [2.24, 2.45) is 0 Å². The molecule has 0 unspecified atom stereocenters. The molecule has 0 radical (unpaired) electrons. The maximum atomic E-state index is 13.1. The van der Waals surface area contributed by atoms with Gasteiger partial charge >= 0.3 is 6.61 Å². The molecule has 7 nitrogen and oxygen atoms in total. The molecule has 0 spiro atoms. The Morgan fingerprint density at radius 3 is 2.51 bits per heavy atom. The van der Waals surface area contributed by atoms with Crippen LogP contribution in [0.4, 0.5) is 14.5 Å². The third kappa shape index (κ3) is 5.57. The lowest BCUT2D eigenvalue weighted by molar-refractivity contribution is -0.116. The Kier molecular flexibility index (Phi) is 6.88. The number of anilines is 1.